The van der Waals surface area contributed by atoms with Gasteiger partial charge in [-0.05, 0) is 48.6 Å². The van der Waals surface area contributed by atoms with Crippen molar-refractivity contribution in [2.24, 2.45) is 5.92 Å². The van der Waals surface area contributed by atoms with E-state index < -0.39 is 17.2 Å². The van der Waals surface area contributed by atoms with Crippen molar-refractivity contribution in [3.63, 3.8) is 0 Å². The molecule has 4 N–H and O–H groups in total. The third kappa shape index (κ3) is 5.31. The van der Waals surface area contributed by atoms with Crippen LogP contribution in [0.3, 0.4) is 0 Å². The van der Waals surface area contributed by atoms with Gasteiger partial charge in [-0.2, -0.15) is 10.2 Å². The SMILES string of the molecule is Nc1ncnc2c1c(-c1ccc(NC(=O)c3nn(CC4CCOCC4)cc(-c4ccc(F)cc4)c3=O)cc1)nn2C1CNC1. The van der Waals surface area contributed by atoms with Crippen molar-refractivity contribution >= 4 is 28.4 Å². The highest BCUT2D eigenvalue weighted by molar-refractivity contribution is 6.03. The number of rotatable bonds is 7. The molecule has 0 spiro atoms. The fraction of sp³-hybridized carbons (Fsp3) is 0.290. The summed E-state index contributed by atoms with van der Waals surface area (Å²) in [5, 5.41) is 16.0. The number of anilines is 2. The molecule has 1 amide bonds. The van der Waals surface area contributed by atoms with Gasteiger partial charge in [0.15, 0.2) is 11.3 Å². The van der Waals surface area contributed by atoms with E-state index in [-0.39, 0.29) is 17.3 Å². The van der Waals surface area contributed by atoms with E-state index in [4.69, 9.17) is 15.6 Å². The van der Waals surface area contributed by atoms with Crippen molar-refractivity contribution in [1.82, 2.24) is 34.8 Å². The molecule has 2 saturated heterocycles. The second-order valence-electron chi connectivity index (χ2n) is 11.1. The molecule has 44 heavy (non-hydrogen) atoms. The molecule has 2 aliphatic rings. The Morgan fingerprint density at radius 1 is 1.02 bits per heavy atom. The average Bonchev–Trinajstić information content (AvgIpc) is 3.38. The van der Waals surface area contributed by atoms with Crippen LogP contribution in [0.4, 0.5) is 15.9 Å². The van der Waals surface area contributed by atoms with E-state index in [9.17, 15) is 14.0 Å². The van der Waals surface area contributed by atoms with Crippen LogP contribution >= 0.6 is 0 Å². The van der Waals surface area contributed by atoms with Gasteiger partial charge < -0.3 is 21.1 Å². The number of nitrogens with two attached hydrogens (primary N) is 1. The van der Waals surface area contributed by atoms with E-state index in [2.05, 4.69) is 25.7 Å². The second kappa shape index (κ2) is 11.6. The van der Waals surface area contributed by atoms with E-state index in [0.29, 0.717) is 59.5 Å². The predicted molar refractivity (Wildman–Crippen MR) is 162 cm³/mol. The van der Waals surface area contributed by atoms with Crippen LogP contribution in [-0.2, 0) is 11.3 Å². The molecule has 0 unspecified atom stereocenters. The zero-order valence-electron chi connectivity index (χ0n) is 23.7. The lowest BCUT2D eigenvalue weighted by atomic mass is 10.0. The Balaban J connectivity index is 1.18. The van der Waals surface area contributed by atoms with Crippen LogP contribution in [0.5, 0.6) is 0 Å². The number of amides is 1. The number of carbonyl (C=O) groups is 1. The number of benzene rings is 2. The van der Waals surface area contributed by atoms with Crippen LogP contribution < -0.4 is 21.8 Å². The van der Waals surface area contributed by atoms with Gasteiger partial charge in [-0.15, -0.1) is 0 Å². The summed E-state index contributed by atoms with van der Waals surface area (Å²) in [4.78, 5) is 35.6. The summed E-state index contributed by atoms with van der Waals surface area (Å²) in [6.45, 7) is 3.42. The van der Waals surface area contributed by atoms with Crippen LogP contribution in [0.2, 0.25) is 0 Å². The Hall–Kier alpha value is -5.01. The van der Waals surface area contributed by atoms with E-state index in [0.717, 1.165) is 31.5 Å². The maximum absolute atomic E-state index is 13.6. The van der Waals surface area contributed by atoms with E-state index >= 15 is 0 Å². The Morgan fingerprint density at radius 2 is 1.75 bits per heavy atom. The number of ether oxygens (including phenoxy) is 1. The fourth-order valence-corrected chi connectivity index (χ4v) is 5.61. The molecule has 2 fully saturated rings. The maximum Gasteiger partial charge on any atom is 0.280 e. The molecule has 5 aromatic rings. The summed E-state index contributed by atoms with van der Waals surface area (Å²) in [6, 6.07) is 12.9. The molecule has 2 aliphatic heterocycles. The molecule has 0 atom stereocenters. The molecule has 2 aromatic carbocycles. The number of nitrogen functional groups attached to an aromatic ring is 1. The molecular weight excluding hydrogens is 565 g/mol. The summed E-state index contributed by atoms with van der Waals surface area (Å²) in [7, 11) is 0. The summed E-state index contributed by atoms with van der Waals surface area (Å²) < 4.78 is 22.6. The topological polar surface area (TPSA) is 155 Å². The standard InChI is InChI=1S/C31H30FN9O3/c32-21-5-1-19(2-6-21)24-16-40(15-18-9-11-44-12-10-18)38-27(28(24)42)31(43)37-22-7-3-20(4-8-22)26-25-29(33)35-17-36-30(25)41(39-26)23-13-34-14-23/h1-8,16-18,23,34H,9-15H2,(H,37,43)(H2,33,35,36). The first-order chi connectivity index (χ1) is 21.4. The maximum atomic E-state index is 13.6. The number of aromatic nitrogens is 6. The number of nitrogens with zero attached hydrogens (tertiary/aromatic N) is 6. The van der Waals surface area contributed by atoms with E-state index in [1.807, 2.05) is 16.8 Å². The zero-order valence-corrected chi connectivity index (χ0v) is 23.7. The summed E-state index contributed by atoms with van der Waals surface area (Å²) in [5.74, 6) is -0.424. The molecule has 13 heteroatoms. The van der Waals surface area contributed by atoms with Gasteiger partial charge >= 0.3 is 0 Å². The third-order valence-electron chi connectivity index (χ3n) is 8.16. The summed E-state index contributed by atoms with van der Waals surface area (Å²) in [5.41, 5.74) is 8.79. The molecule has 0 radical (unpaired) electrons. The van der Waals surface area contributed by atoms with Gasteiger partial charge in [-0.25, -0.2) is 19.0 Å². The van der Waals surface area contributed by atoms with Crippen molar-refractivity contribution in [3.8, 4) is 22.4 Å². The quantitative estimate of drug-likeness (QED) is 0.257. The molecule has 5 heterocycles. The van der Waals surface area contributed by atoms with Crippen molar-refractivity contribution in [3.05, 3.63) is 82.8 Å². The van der Waals surface area contributed by atoms with Gasteiger partial charge in [0.25, 0.3) is 5.91 Å². The number of fused-ring (bicyclic) bond motifs is 1. The van der Waals surface area contributed by atoms with Gasteiger partial charge in [-0.3, -0.25) is 14.3 Å². The normalized spacial score (nSPS) is 15.8. The van der Waals surface area contributed by atoms with E-state index in [1.54, 1.807) is 23.0 Å². The van der Waals surface area contributed by atoms with Gasteiger partial charge in [0.1, 0.15) is 23.7 Å². The average molecular weight is 596 g/mol. The first-order valence-electron chi connectivity index (χ1n) is 14.5. The first kappa shape index (κ1) is 27.8. The van der Waals surface area contributed by atoms with Crippen LogP contribution in [0.15, 0.2) is 65.8 Å². The van der Waals surface area contributed by atoms with E-state index in [1.165, 1.54) is 30.6 Å². The van der Waals surface area contributed by atoms with Gasteiger partial charge in [-0.1, -0.05) is 24.3 Å². The number of nitrogens with one attached hydrogen (secondary N) is 2. The van der Waals surface area contributed by atoms with Crippen LogP contribution in [-0.4, -0.2) is 61.7 Å². The number of halogens is 1. The van der Waals surface area contributed by atoms with Crippen LogP contribution in [0, 0.1) is 11.7 Å². The Labute approximate surface area is 251 Å². The minimum absolute atomic E-state index is 0.174. The summed E-state index contributed by atoms with van der Waals surface area (Å²) >= 11 is 0. The summed E-state index contributed by atoms with van der Waals surface area (Å²) in [6.07, 6.45) is 4.78. The Kier molecular flexibility index (Phi) is 7.32. The first-order valence-corrected chi connectivity index (χ1v) is 14.5. The predicted octanol–water partition coefficient (Wildman–Crippen LogP) is 3.26. The molecule has 0 aliphatic carbocycles. The number of hydrogen-bond donors (Lipinski definition) is 3. The highest BCUT2D eigenvalue weighted by Gasteiger charge is 2.26. The largest absolute Gasteiger partial charge is 0.383 e. The lowest BCUT2D eigenvalue weighted by molar-refractivity contribution is 0.0599. The van der Waals surface area contributed by atoms with Crippen LogP contribution in [0.25, 0.3) is 33.4 Å². The monoisotopic (exact) mass is 595 g/mol. The van der Waals surface area contributed by atoms with Crippen molar-refractivity contribution in [2.75, 3.05) is 37.4 Å². The second-order valence-corrected chi connectivity index (χ2v) is 11.1. The minimum atomic E-state index is -0.641. The Bertz CT molecular complexity index is 1890. The Morgan fingerprint density at radius 3 is 2.45 bits per heavy atom. The molecule has 12 nitrogen and oxygen atoms in total. The molecule has 7 rings (SSSR count). The van der Waals surface area contributed by atoms with Gasteiger partial charge in [0, 0.05) is 55.9 Å². The van der Waals surface area contributed by atoms with Gasteiger partial charge in [0.05, 0.1) is 11.4 Å². The smallest absolute Gasteiger partial charge is 0.280 e. The fourth-order valence-electron chi connectivity index (χ4n) is 5.61. The number of carbonyl (C=O) groups excluding carboxylic acids is 1. The van der Waals surface area contributed by atoms with Crippen LogP contribution in [0.1, 0.15) is 29.4 Å². The highest BCUT2D eigenvalue weighted by Crippen LogP contribution is 2.33. The zero-order chi connectivity index (χ0) is 30.2. The molecule has 224 valence electrons. The lowest BCUT2D eigenvalue weighted by Crippen LogP contribution is -2.43. The highest BCUT2D eigenvalue weighted by atomic mass is 19.1. The third-order valence-corrected chi connectivity index (χ3v) is 8.16. The molecular formula is C31H30FN9O3. The molecule has 0 saturated carbocycles. The van der Waals surface area contributed by atoms with Crippen molar-refractivity contribution < 1.29 is 13.9 Å². The molecule has 0 bridgehead atoms. The van der Waals surface area contributed by atoms with Crippen molar-refractivity contribution in [1.29, 1.82) is 0 Å². The molecule has 3 aromatic heterocycles. The lowest BCUT2D eigenvalue weighted by Gasteiger charge is -2.27. The van der Waals surface area contributed by atoms with Crippen molar-refractivity contribution in [2.45, 2.75) is 25.4 Å². The number of hydrogen-bond acceptors (Lipinski definition) is 9. The van der Waals surface area contributed by atoms with Gasteiger partial charge in [0.2, 0.25) is 5.43 Å². The minimum Gasteiger partial charge on any atom is -0.383 e.